The van der Waals surface area contributed by atoms with Crippen LogP contribution in [0.5, 0.6) is 0 Å². The molecule has 2 unspecified atom stereocenters. The summed E-state index contributed by atoms with van der Waals surface area (Å²) >= 11 is 0. The van der Waals surface area contributed by atoms with Gasteiger partial charge in [-0.1, -0.05) is 6.58 Å². The zero-order valence-corrected chi connectivity index (χ0v) is 13.6. The molecule has 0 radical (unpaired) electrons. The lowest BCUT2D eigenvalue weighted by Gasteiger charge is -2.25. The van der Waals surface area contributed by atoms with Gasteiger partial charge in [-0.05, 0) is 19.5 Å². The van der Waals surface area contributed by atoms with E-state index in [9.17, 15) is 4.79 Å². The zero-order valence-electron chi connectivity index (χ0n) is 12.6. The maximum absolute atomic E-state index is 11.6. The monoisotopic (exact) mass is 304 g/mol. The molecule has 0 N–H and O–H groups in total. The summed E-state index contributed by atoms with van der Waals surface area (Å²) in [5.41, 5.74) is 0.347. The Bertz CT molecular complexity index is 338. The number of epoxide rings is 1. The van der Waals surface area contributed by atoms with Crippen molar-refractivity contribution in [3.8, 4) is 0 Å². The first-order valence-electron chi connectivity index (χ1n) is 6.60. The first-order chi connectivity index (χ1) is 9.40. The van der Waals surface area contributed by atoms with Gasteiger partial charge in [-0.3, -0.25) is 0 Å². The number of carbonyl (C=O) groups is 1. The second-order valence-corrected chi connectivity index (χ2v) is 8.57. The molecule has 1 rings (SSSR count). The molecule has 1 saturated heterocycles. The third kappa shape index (κ3) is 6.15. The van der Waals surface area contributed by atoms with Crippen molar-refractivity contribution in [3.63, 3.8) is 0 Å². The number of hydrogen-bond acceptors (Lipinski definition) is 6. The first-order valence-corrected chi connectivity index (χ1v) is 9.12. The molecular formula is C13H24O6Si. The summed E-state index contributed by atoms with van der Waals surface area (Å²) in [4.78, 5) is 11.6. The minimum Gasteiger partial charge on any atom is -0.432 e. The standard InChI is InChI=1S/C13H24O6Si/c1-10(2)13(14)19-12(18-9-11-8-17-11)6-7-20(5,15-3)16-4/h11-12H,1,6-9H2,2-5H3. The number of hydrogen-bond donors (Lipinski definition) is 0. The number of esters is 1. The van der Waals surface area contributed by atoms with E-state index in [1.54, 1.807) is 21.1 Å². The van der Waals surface area contributed by atoms with Crippen molar-refractivity contribution in [2.24, 2.45) is 0 Å². The quantitative estimate of drug-likeness (QED) is 0.201. The predicted octanol–water partition coefficient (Wildman–Crippen LogP) is 1.60. The van der Waals surface area contributed by atoms with Gasteiger partial charge in [0.2, 0.25) is 6.29 Å². The fourth-order valence-corrected chi connectivity index (χ4v) is 2.78. The van der Waals surface area contributed by atoms with E-state index < -0.39 is 20.8 Å². The summed E-state index contributed by atoms with van der Waals surface area (Å²) in [5.74, 6) is -0.454. The van der Waals surface area contributed by atoms with Crippen molar-refractivity contribution < 1.29 is 27.9 Å². The van der Waals surface area contributed by atoms with Crippen molar-refractivity contribution in [1.82, 2.24) is 0 Å². The van der Waals surface area contributed by atoms with Crippen LogP contribution >= 0.6 is 0 Å². The highest BCUT2D eigenvalue weighted by molar-refractivity contribution is 6.65. The van der Waals surface area contributed by atoms with Gasteiger partial charge in [-0.15, -0.1) is 0 Å². The van der Waals surface area contributed by atoms with Crippen molar-refractivity contribution >= 4 is 14.5 Å². The Kier molecular flexibility index (Phi) is 6.84. The van der Waals surface area contributed by atoms with Gasteiger partial charge in [0.15, 0.2) is 0 Å². The highest BCUT2D eigenvalue weighted by atomic mass is 28.4. The second-order valence-electron chi connectivity index (χ2n) is 4.98. The summed E-state index contributed by atoms with van der Waals surface area (Å²) in [7, 11) is 1.05. The van der Waals surface area contributed by atoms with E-state index in [0.29, 0.717) is 31.3 Å². The molecule has 0 aromatic heterocycles. The largest absolute Gasteiger partial charge is 0.432 e. The molecule has 0 aliphatic carbocycles. The van der Waals surface area contributed by atoms with E-state index in [2.05, 4.69) is 6.58 Å². The molecule has 2 atom stereocenters. The Morgan fingerprint density at radius 1 is 1.45 bits per heavy atom. The van der Waals surface area contributed by atoms with Crippen LogP contribution in [-0.2, 0) is 27.9 Å². The lowest BCUT2D eigenvalue weighted by Crippen LogP contribution is -2.37. The fraction of sp³-hybridized carbons (Fsp3) is 0.769. The molecule has 0 amide bonds. The summed E-state index contributed by atoms with van der Waals surface area (Å²) in [6.07, 6.45) is 0.0194. The molecule has 0 aromatic rings. The van der Waals surface area contributed by atoms with Crippen LogP contribution in [0.2, 0.25) is 12.6 Å². The topological polar surface area (TPSA) is 66.5 Å². The number of carbonyl (C=O) groups excluding carboxylic acids is 1. The minimum atomic E-state index is -2.20. The van der Waals surface area contributed by atoms with E-state index in [1.807, 2.05) is 6.55 Å². The van der Waals surface area contributed by atoms with Crippen LogP contribution in [0.1, 0.15) is 13.3 Å². The minimum absolute atomic E-state index is 0.120. The summed E-state index contributed by atoms with van der Waals surface area (Å²) in [6, 6.07) is 0.666. The third-order valence-corrected chi connectivity index (χ3v) is 6.08. The Hall–Kier alpha value is -0.733. The van der Waals surface area contributed by atoms with Crippen LogP contribution in [0.15, 0.2) is 12.2 Å². The lowest BCUT2D eigenvalue weighted by atomic mass is 10.3. The van der Waals surface area contributed by atoms with Gasteiger partial charge in [0, 0.05) is 26.2 Å². The molecule has 1 aliphatic heterocycles. The third-order valence-electron chi connectivity index (χ3n) is 3.16. The highest BCUT2D eigenvalue weighted by Gasteiger charge is 2.32. The maximum atomic E-state index is 11.6. The van der Waals surface area contributed by atoms with Crippen LogP contribution in [0, 0.1) is 0 Å². The SMILES string of the molecule is C=C(C)C(=O)OC(CC[Si](C)(OC)OC)OCC1CO1. The predicted molar refractivity (Wildman–Crippen MR) is 75.4 cm³/mol. The van der Waals surface area contributed by atoms with Gasteiger partial charge < -0.3 is 23.1 Å². The van der Waals surface area contributed by atoms with Gasteiger partial charge in [-0.2, -0.15) is 0 Å². The fourth-order valence-electron chi connectivity index (χ4n) is 1.44. The Morgan fingerprint density at radius 2 is 2.05 bits per heavy atom. The molecule has 0 bridgehead atoms. The van der Waals surface area contributed by atoms with Crippen LogP contribution in [0.3, 0.4) is 0 Å². The maximum Gasteiger partial charge on any atom is 0.335 e. The zero-order chi connectivity index (χ0) is 15.2. The molecule has 0 aromatic carbocycles. The van der Waals surface area contributed by atoms with Crippen molar-refractivity contribution in [2.45, 2.75) is 38.3 Å². The van der Waals surface area contributed by atoms with Crippen LogP contribution in [-0.4, -0.2) is 54.4 Å². The Balaban J connectivity index is 2.47. The van der Waals surface area contributed by atoms with Gasteiger partial charge in [0.25, 0.3) is 0 Å². The lowest BCUT2D eigenvalue weighted by molar-refractivity contribution is -0.175. The van der Waals surface area contributed by atoms with Crippen LogP contribution in [0.4, 0.5) is 0 Å². The van der Waals surface area contributed by atoms with E-state index in [-0.39, 0.29) is 6.10 Å². The Labute approximate surface area is 121 Å². The smallest absolute Gasteiger partial charge is 0.335 e. The molecule has 0 spiro atoms. The van der Waals surface area contributed by atoms with Crippen molar-refractivity contribution in [2.75, 3.05) is 27.4 Å². The first kappa shape index (κ1) is 17.3. The van der Waals surface area contributed by atoms with Gasteiger partial charge >= 0.3 is 14.5 Å². The van der Waals surface area contributed by atoms with E-state index in [0.717, 1.165) is 0 Å². The molecule has 116 valence electrons. The molecule has 1 heterocycles. The van der Waals surface area contributed by atoms with E-state index in [1.165, 1.54) is 0 Å². The van der Waals surface area contributed by atoms with Crippen LogP contribution < -0.4 is 0 Å². The van der Waals surface area contributed by atoms with Gasteiger partial charge in [0.05, 0.1) is 13.2 Å². The molecule has 1 fully saturated rings. The molecule has 0 saturated carbocycles. The average Bonchev–Trinajstić information content (AvgIpc) is 3.25. The molecule has 1 aliphatic rings. The molecule has 6 nitrogen and oxygen atoms in total. The average molecular weight is 304 g/mol. The molecule has 7 heteroatoms. The van der Waals surface area contributed by atoms with Crippen LogP contribution in [0.25, 0.3) is 0 Å². The van der Waals surface area contributed by atoms with Gasteiger partial charge in [-0.25, -0.2) is 4.79 Å². The highest BCUT2D eigenvalue weighted by Crippen LogP contribution is 2.19. The molecular weight excluding hydrogens is 280 g/mol. The number of rotatable bonds is 10. The van der Waals surface area contributed by atoms with Gasteiger partial charge in [0.1, 0.15) is 6.10 Å². The van der Waals surface area contributed by atoms with E-state index in [4.69, 9.17) is 23.1 Å². The molecule has 20 heavy (non-hydrogen) atoms. The summed E-state index contributed by atoms with van der Waals surface area (Å²) < 4.78 is 26.7. The number of ether oxygens (including phenoxy) is 3. The normalized spacial score (nSPS) is 19.5. The van der Waals surface area contributed by atoms with Crippen molar-refractivity contribution in [3.05, 3.63) is 12.2 Å². The summed E-state index contributed by atoms with van der Waals surface area (Å²) in [5, 5.41) is 0. The summed E-state index contributed by atoms with van der Waals surface area (Å²) in [6.45, 7) is 8.24. The second kappa shape index (κ2) is 7.89. The van der Waals surface area contributed by atoms with E-state index >= 15 is 0 Å². The van der Waals surface area contributed by atoms with Crippen molar-refractivity contribution in [1.29, 1.82) is 0 Å². The Morgan fingerprint density at radius 3 is 2.50 bits per heavy atom.